The van der Waals surface area contributed by atoms with Gasteiger partial charge in [0.15, 0.2) is 0 Å². The summed E-state index contributed by atoms with van der Waals surface area (Å²) in [5, 5.41) is 0. The lowest BCUT2D eigenvalue weighted by atomic mass is 10.0. The lowest BCUT2D eigenvalue weighted by molar-refractivity contribution is 0.868. The molecular weight excluding hydrogens is 198 g/mol. The summed E-state index contributed by atoms with van der Waals surface area (Å²) in [4.78, 5) is 11.6. The average molecular weight is 213 g/mol. The van der Waals surface area contributed by atoms with Crippen molar-refractivity contribution in [2.24, 2.45) is 7.05 Å². The Morgan fingerprint density at radius 3 is 2.56 bits per heavy atom. The molecule has 0 aliphatic rings. The highest BCUT2D eigenvalue weighted by molar-refractivity contribution is 5.63. The van der Waals surface area contributed by atoms with E-state index < -0.39 is 0 Å². The van der Waals surface area contributed by atoms with Crippen molar-refractivity contribution in [2.45, 2.75) is 13.3 Å². The molecule has 0 unspecified atom stereocenters. The normalized spacial score (nSPS) is 10.4. The minimum absolute atomic E-state index is 0.0309. The van der Waals surface area contributed by atoms with E-state index in [0.717, 1.165) is 17.7 Å². The molecule has 0 saturated carbocycles. The fourth-order valence-corrected chi connectivity index (χ4v) is 1.91. The number of pyridine rings is 1. The van der Waals surface area contributed by atoms with Gasteiger partial charge < -0.3 is 4.57 Å². The van der Waals surface area contributed by atoms with Crippen LogP contribution in [0.3, 0.4) is 0 Å². The summed E-state index contributed by atoms with van der Waals surface area (Å²) in [5.74, 6) is 0. The van der Waals surface area contributed by atoms with Gasteiger partial charge in [-0.2, -0.15) is 0 Å². The molecule has 2 aromatic rings. The lowest BCUT2D eigenvalue weighted by Crippen LogP contribution is -2.16. The predicted molar refractivity (Wildman–Crippen MR) is 66.5 cm³/mol. The van der Waals surface area contributed by atoms with Gasteiger partial charge in [0.1, 0.15) is 0 Å². The lowest BCUT2D eigenvalue weighted by Gasteiger charge is -2.11. The first kappa shape index (κ1) is 10.7. The molecule has 0 radical (unpaired) electrons. The van der Waals surface area contributed by atoms with Crippen molar-refractivity contribution in [1.29, 1.82) is 0 Å². The Morgan fingerprint density at radius 2 is 1.81 bits per heavy atom. The third-order valence-electron chi connectivity index (χ3n) is 2.86. The van der Waals surface area contributed by atoms with Crippen molar-refractivity contribution < 1.29 is 0 Å². The quantitative estimate of drug-likeness (QED) is 0.751. The summed E-state index contributed by atoms with van der Waals surface area (Å²) < 4.78 is 1.69. The largest absolute Gasteiger partial charge is 0.311 e. The molecule has 16 heavy (non-hydrogen) atoms. The van der Waals surface area contributed by atoms with Crippen molar-refractivity contribution in [3.05, 3.63) is 58.4 Å². The summed E-state index contributed by atoms with van der Waals surface area (Å²) in [7, 11) is 1.81. The van der Waals surface area contributed by atoms with E-state index in [0.29, 0.717) is 0 Å². The van der Waals surface area contributed by atoms with E-state index in [4.69, 9.17) is 0 Å². The maximum Gasteiger partial charge on any atom is 0.250 e. The minimum Gasteiger partial charge on any atom is -0.311 e. The van der Waals surface area contributed by atoms with E-state index in [2.05, 4.69) is 19.1 Å². The highest BCUT2D eigenvalue weighted by Gasteiger charge is 2.05. The van der Waals surface area contributed by atoms with Gasteiger partial charge in [0.2, 0.25) is 0 Å². The highest BCUT2D eigenvalue weighted by atomic mass is 16.1. The smallest absolute Gasteiger partial charge is 0.250 e. The number of nitrogens with zero attached hydrogens (tertiary/aromatic N) is 1. The monoisotopic (exact) mass is 213 g/mol. The number of aryl methyl sites for hydroxylation is 1. The molecule has 0 N–H and O–H groups in total. The Morgan fingerprint density at radius 1 is 1.06 bits per heavy atom. The molecule has 2 rings (SSSR count). The third-order valence-corrected chi connectivity index (χ3v) is 2.86. The molecule has 0 aliphatic carbocycles. The van der Waals surface area contributed by atoms with Crippen molar-refractivity contribution in [3.63, 3.8) is 0 Å². The van der Waals surface area contributed by atoms with Gasteiger partial charge in [0, 0.05) is 18.7 Å². The fraction of sp³-hybridized carbons (Fsp3) is 0.214. The Kier molecular flexibility index (Phi) is 2.91. The first-order valence-electron chi connectivity index (χ1n) is 5.48. The van der Waals surface area contributed by atoms with Crippen LogP contribution < -0.4 is 5.56 Å². The first-order chi connectivity index (χ1) is 7.74. The van der Waals surface area contributed by atoms with Crippen LogP contribution in [0.2, 0.25) is 0 Å². The van der Waals surface area contributed by atoms with Gasteiger partial charge in [-0.1, -0.05) is 37.3 Å². The standard InChI is InChI=1S/C14H15NO/c1-3-11-7-4-5-8-12(11)13-9-6-10-14(16)15(13)2/h4-10H,3H2,1-2H3. The van der Waals surface area contributed by atoms with Gasteiger partial charge >= 0.3 is 0 Å². The highest BCUT2D eigenvalue weighted by Crippen LogP contribution is 2.22. The van der Waals surface area contributed by atoms with Crippen LogP contribution in [-0.2, 0) is 13.5 Å². The average Bonchev–Trinajstić information content (AvgIpc) is 2.33. The molecule has 1 heterocycles. The third kappa shape index (κ3) is 1.78. The van der Waals surface area contributed by atoms with E-state index in [1.807, 2.05) is 31.3 Å². The molecule has 2 nitrogen and oxygen atoms in total. The number of benzene rings is 1. The van der Waals surface area contributed by atoms with Crippen molar-refractivity contribution in [3.8, 4) is 11.3 Å². The molecule has 1 aromatic heterocycles. The minimum atomic E-state index is 0.0309. The van der Waals surface area contributed by atoms with E-state index in [1.54, 1.807) is 10.6 Å². The van der Waals surface area contributed by atoms with E-state index >= 15 is 0 Å². The Bertz CT molecular complexity index is 555. The van der Waals surface area contributed by atoms with Crippen LogP contribution in [0.25, 0.3) is 11.3 Å². The zero-order valence-corrected chi connectivity index (χ0v) is 9.60. The van der Waals surface area contributed by atoms with Crippen molar-refractivity contribution in [2.75, 3.05) is 0 Å². The summed E-state index contributed by atoms with van der Waals surface area (Å²) >= 11 is 0. The second kappa shape index (κ2) is 4.35. The SMILES string of the molecule is CCc1ccccc1-c1cccc(=O)n1C. The first-order valence-corrected chi connectivity index (χ1v) is 5.48. The van der Waals surface area contributed by atoms with Crippen LogP contribution in [0.5, 0.6) is 0 Å². The number of hydrogen-bond donors (Lipinski definition) is 0. The fourth-order valence-electron chi connectivity index (χ4n) is 1.91. The molecule has 82 valence electrons. The van der Waals surface area contributed by atoms with Gasteiger partial charge in [-0.25, -0.2) is 0 Å². The van der Waals surface area contributed by atoms with Gasteiger partial charge in [-0.3, -0.25) is 4.79 Å². The number of rotatable bonds is 2. The summed E-state index contributed by atoms with van der Waals surface area (Å²) in [6, 6.07) is 13.6. The van der Waals surface area contributed by atoms with Crippen molar-refractivity contribution in [1.82, 2.24) is 4.57 Å². The van der Waals surface area contributed by atoms with Crippen LogP contribution in [0.15, 0.2) is 47.3 Å². The van der Waals surface area contributed by atoms with E-state index in [9.17, 15) is 4.79 Å². The molecule has 2 heteroatoms. The molecular formula is C14H15NO. The van der Waals surface area contributed by atoms with Crippen molar-refractivity contribution >= 4 is 0 Å². The Labute approximate surface area is 95.2 Å². The Balaban J connectivity index is 2.68. The number of hydrogen-bond acceptors (Lipinski definition) is 1. The maximum absolute atomic E-state index is 11.6. The molecule has 0 spiro atoms. The van der Waals surface area contributed by atoms with Gasteiger partial charge in [0.05, 0.1) is 5.69 Å². The second-order valence-corrected chi connectivity index (χ2v) is 3.82. The second-order valence-electron chi connectivity index (χ2n) is 3.82. The van der Waals surface area contributed by atoms with Crippen LogP contribution in [-0.4, -0.2) is 4.57 Å². The van der Waals surface area contributed by atoms with E-state index in [-0.39, 0.29) is 5.56 Å². The van der Waals surface area contributed by atoms with Crippen LogP contribution in [0, 0.1) is 0 Å². The number of aromatic nitrogens is 1. The zero-order chi connectivity index (χ0) is 11.5. The summed E-state index contributed by atoms with van der Waals surface area (Å²) in [5.41, 5.74) is 3.42. The van der Waals surface area contributed by atoms with Crippen LogP contribution >= 0.6 is 0 Å². The molecule has 0 atom stereocenters. The van der Waals surface area contributed by atoms with Crippen LogP contribution in [0.4, 0.5) is 0 Å². The molecule has 0 bridgehead atoms. The molecule has 0 fully saturated rings. The molecule has 1 aromatic carbocycles. The predicted octanol–water partition coefficient (Wildman–Crippen LogP) is 2.61. The molecule has 0 aliphatic heterocycles. The summed E-state index contributed by atoms with van der Waals surface area (Å²) in [6.45, 7) is 2.12. The molecule has 0 amide bonds. The summed E-state index contributed by atoms with van der Waals surface area (Å²) in [6.07, 6.45) is 0.971. The maximum atomic E-state index is 11.6. The van der Waals surface area contributed by atoms with E-state index in [1.165, 1.54) is 5.56 Å². The van der Waals surface area contributed by atoms with Crippen LogP contribution in [0.1, 0.15) is 12.5 Å². The van der Waals surface area contributed by atoms with Gasteiger partial charge in [0.25, 0.3) is 5.56 Å². The topological polar surface area (TPSA) is 22.0 Å². The van der Waals surface area contributed by atoms with Gasteiger partial charge in [-0.05, 0) is 18.1 Å². The molecule has 0 saturated heterocycles. The zero-order valence-electron chi connectivity index (χ0n) is 9.60. The Hall–Kier alpha value is -1.83. The van der Waals surface area contributed by atoms with Gasteiger partial charge in [-0.15, -0.1) is 0 Å².